The summed E-state index contributed by atoms with van der Waals surface area (Å²) >= 11 is 0. The van der Waals surface area contributed by atoms with Gasteiger partial charge in [-0.3, -0.25) is 0 Å². The van der Waals surface area contributed by atoms with Crippen LogP contribution < -0.4 is 5.11 Å². The lowest BCUT2D eigenvalue weighted by Crippen LogP contribution is -2.30. The molecule has 11 heavy (non-hydrogen) atoms. The van der Waals surface area contributed by atoms with Crippen LogP contribution in [0.2, 0.25) is 0 Å². The van der Waals surface area contributed by atoms with Crippen LogP contribution in [0.5, 0.6) is 0 Å². The van der Waals surface area contributed by atoms with Gasteiger partial charge in [-0.1, -0.05) is 12.2 Å². The van der Waals surface area contributed by atoms with Crippen LogP contribution in [0.15, 0.2) is 23.8 Å². The zero-order chi connectivity index (χ0) is 8.43. The molecule has 2 N–H and O–H groups in total. The fourth-order valence-electron chi connectivity index (χ4n) is 0.790. The molecule has 4 heteroatoms. The van der Waals surface area contributed by atoms with E-state index in [0.29, 0.717) is 0 Å². The third-order valence-corrected chi connectivity index (χ3v) is 1.41. The van der Waals surface area contributed by atoms with Gasteiger partial charge < -0.3 is 20.1 Å². The molecule has 0 aromatic rings. The SMILES string of the molecule is O=C([O-])C1=C[C@@H](O)[C@H](O)C=C1. The summed E-state index contributed by atoms with van der Waals surface area (Å²) in [5, 5.41) is 28.0. The van der Waals surface area contributed by atoms with Crippen molar-refractivity contribution in [1.29, 1.82) is 0 Å². The van der Waals surface area contributed by atoms with Gasteiger partial charge in [0.2, 0.25) is 0 Å². The molecule has 0 fully saturated rings. The first kappa shape index (κ1) is 7.97. The van der Waals surface area contributed by atoms with E-state index in [-0.39, 0.29) is 5.57 Å². The summed E-state index contributed by atoms with van der Waals surface area (Å²) in [5.41, 5.74) is -0.109. The molecule has 2 atom stereocenters. The summed E-state index contributed by atoms with van der Waals surface area (Å²) < 4.78 is 0. The Hall–Kier alpha value is -1.13. The number of aliphatic hydroxyl groups excluding tert-OH is 2. The second-order valence-corrected chi connectivity index (χ2v) is 2.25. The molecule has 0 heterocycles. The van der Waals surface area contributed by atoms with Crippen LogP contribution in [0.4, 0.5) is 0 Å². The topological polar surface area (TPSA) is 80.6 Å². The van der Waals surface area contributed by atoms with Crippen LogP contribution >= 0.6 is 0 Å². The van der Waals surface area contributed by atoms with Crippen molar-refractivity contribution in [3.8, 4) is 0 Å². The van der Waals surface area contributed by atoms with Gasteiger partial charge >= 0.3 is 0 Å². The minimum atomic E-state index is -1.35. The van der Waals surface area contributed by atoms with Crippen LogP contribution in [0.3, 0.4) is 0 Å². The Kier molecular flexibility index (Phi) is 2.07. The van der Waals surface area contributed by atoms with E-state index < -0.39 is 18.2 Å². The molecular weight excluding hydrogens is 148 g/mol. The van der Waals surface area contributed by atoms with Crippen molar-refractivity contribution in [1.82, 2.24) is 0 Å². The summed E-state index contributed by atoms with van der Waals surface area (Å²) in [6, 6.07) is 0. The lowest BCUT2D eigenvalue weighted by molar-refractivity contribution is -0.298. The van der Waals surface area contributed by atoms with Crippen LogP contribution in [0, 0.1) is 0 Å². The van der Waals surface area contributed by atoms with Crippen molar-refractivity contribution in [2.24, 2.45) is 0 Å². The van der Waals surface area contributed by atoms with Gasteiger partial charge in [0, 0.05) is 0 Å². The van der Waals surface area contributed by atoms with Crippen molar-refractivity contribution in [2.75, 3.05) is 0 Å². The molecule has 0 aromatic heterocycles. The van der Waals surface area contributed by atoms with Crippen LogP contribution in [-0.2, 0) is 4.79 Å². The Morgan fingerprint density at radius 3 is 2.55 bits per heavy atom. The Bertz CT molecular complexity index is 229. The second kappa shape index (κ2) is 2.86. The van der Waals surface area contributed by atoms with Crippen LogP contribution in [-0.4, -0.2) is 28.4 Å². The van der Waals surface area contributed by atoms with Gasteiger partial charge in [-0.2, -0.15) is 0 Å². The highest BCUT2D eigenvalue weighted by Gasteiger charge is 2.15. The maximum atomic E-state index is 10.2. The number of rotatable bonds is 1. The largest absolute Gasteiger partial charge is 0.545 e. The van der Waals surface area contributed by atoms with E-state index in [1.54, 1.807) is 0 Å². The predicted molar refractivity (Wildman–Crippen MR) is 34.2 cm³/mol. The maximum Gasteiger partial charge on any atom is 0.102 e. The van der Waals surface area contributed by atoms with Crippen molar-refractivity contribution in [3.63, 3.8) is 0 Å². The molecule has 0 aromatic carbocycles. The average molecular weight is 155 g/mol. The lowest BCUT2D eigenvalue weighted by atomic mass is 10.0. The highest BCUT2D eigenvalue weighted by molar-refractivity contribution is 5.88. The molecule has 0 bridgehead atoms. The molecule has 0 saturated heterocycles. The van der Waals surface area contributed by atoms with Gasteiger partial charge in [0.15, 0.2) is 0 Å². The third kappa shape index (κ3) is 1.66. The molecule has 60 valence electrons. The highest BCUT2D eigenvalue weighted by Crippen LogP contribution is 2.09. The minimum absolute atomic E-state index is 0.109. The Balaban J connectivity index is 2.80. The van der Waals surface area contributed by atoms with Gasteiger partial charge in [-0.15, -0.1) is 0 Å². The predicted octanol–water partition coefficient (Wildman–Crippen LogP) is -2.05. The summed E-state index contributed by atoms with van der Waals surface area (Å²) in [6.07, 6.45) is 1.29. The molecule has 0 amide bonds. The maximum absolute atomic E-state index is 10.2. The van der Waals surface area contributed by atoms with Crippen molar-refractivity contribution in [3.05, 3.63) is 23.8 Å². The first-order valence-electron chi connectivity index (χ1n) is 3.09. The molecule has 0 aliphatic heterocycles. The first-order valence-corrected chi connectivity index (χ1v) is 3.09. The zero-order valence-corrected chi connectivity index (χ0v) is 5.60. The van der Waals surface area contributed by atoms with Gasteiger partial charge in [0.1, 0.15) is 12.2 Å². The second-order valence-electron chi connectivity index (χ2n) is 2.25. The van der Waals surface area contributed by atoms with E-state index in [2.05, 4.69) is 0 Å². The first-order chi connectivity index (χ1) is 5.11. The number of hydrogen-bond acceptors (Lipinski definition) is 4. The smallest absolute Gasteiger partial charge is 0.102 e. The fourth-order valence-corrected chi connectivity index (χ4v) is 0.790. The number of hydrogen-bond donors (Lipinski definition) is 2. The van der Waals surface area contributed by atoms with Crippen LogP contribution in [0.1, 0.15) is 0 Å². The summed E-state index contributed by atoms with van der Waals surface area (Å²) in [6.45, 7) is 0. The molecule has 0 spiro atoms. The number of aliphatic hydroxyl groups is 2. The number of carbonyl (C=O) groups is 1. The van der Waals surface area contributed by atoms with E-state index in [0.717, 1.165) is 6.08 Å². The highest BCUT2D eigenvalue weighted by atomic mass is 16.4. The molecule has 1 aliphatic rings. The molecule has 0 radical (unpaired) electrons. The van der Waals surface area contributed by atoms with Gasteiger partial charge in [0.25, 0.3) is 0 Å². The monoisotopic (exact) mass is 155 g/mol. The number of carboxylic acid groups (broad SMARTS) is 1. The zero-order valence-electron chi connectivity index (χ0n) is 5.60. The van der Waals surface area contributed by atoms with Crippen molar-refractivity contribution >= 4 is 5.97 Å². The van der Waals surface area contributed by atoms with E-state index in [1.165, 1.54) is 12.2 Å². The van der Waals surface area contributed by atoms with Gasteiger partial charge in [-0.25, -0.2) is 0 Å². The summed E-state index contributed by atoms with van der Waals surface area (Å²) in [5.74, 6) is -1.35. The molecular formula is C7H7O4-. The summed E-state index contributed by atoms with van der Waals surface area (Å²) in [7, 11) is 0. The minimum Gasteiger partial charge on any atom is -0.545 e. The molecule has 1 aliphatic carbocycles. The van der Waals surface area contributed by atoms with E-state index in [4.69, 9.17) is 10.2 Å². The normalized spacial score (nSPS) is 29.8. The molecule has 0 unspecified atom stereocenters. The van der Waals surface area contributed by atoms with E-state index >= 15 is 0 Å². The van der Waals surface area contributed by atoms with E-state index in [1.807, 2.05) is 0 Å². The Morgan fingerprint density at radius 2 is 2.09 bits per heavy atom. The summed E-state index contributed by atoms with van der Waals surface area (Å²) in [4.78, 5) is 10.2. The molecule has 1 rings (SSSR count). The van der Waals surface area contributed by atoms with Crippen molar-refractivity contribution < 1.29 is 20.1 Å². The molecule has 4 nitrogen and oxygen atoms in total. The number of aliphatic carboxylic acids is 1. The van der Waals surface area contributed by atoms with Crippen molar-refractivity contribution in [2.45, 2.75) is 12.2 Å². The Morgan fingerprint density at radius 1 is 1.45 bits per heavy atom. The number of carbonyl (C=O) groups excluding carboxylic acids is 1. The quantitative estimate of drug-likeness (QED) is 0.457. The van der Waals surface area contributed by atoms with Gasteiger partial charge in [-0.05, 0) is 11.6 Å². The van der Waals surface area contributed by atoms with E-state index in [9.17, 15) is 9.90 Å². The van der Waals surface area contributed by atoms with Gasteiger partial charge in [0.05, 0.1) is 5.97 Å². The third-order valence-electron chi connectivity index (χ3n) is 1.41. The molecule has 0 saturated carbocycles. The average Bonchev–Trinajstić information content (AvgIpc) is 1.94. The van der Waals surface area contributed by atoms with Crippen LogP contribution in [0.25, 0.3) is 0 Å². The standard InChI is InChI=1S/C7H8O4/c8-5-2-1-4(7(10)11)3-6(5)9/h1-3,5-6,8-9H,(H,10,11)/p-1/t5-,6-/m1/s1. The Labute approximate surface area is 63.1 Å². The lowest BCUT2D eigenvalue weighted by Gasteiger charge is -2.17. The number of carboxylic acids is 1. The fraction of sp³-hybridized carbons (Fsp3) is 0.286.